The van der Waals surface area contributed by atoms with E-state index >= 15 is 0 Å². The minimum Gasteiger partial charge on any atom is -0.389 e. The zero-order chi connectivity index (χ0) is 7.72. The van der Waals surface area contributed by atoms with Crippen molar-refractivity contribution in [3.8, 4) is 0 Å². The fourth-order valence-electron chi connectivity index (χ4n) is 1.03. The Labute approximate surface area is 60.3 Å². The van der Waals surface area contributed by atoms with Crippen molar-refractivity contribution in [3.05, 3.63) is 17.5 Å². The van der Waals surface area contributed by atoms with Crippen LogP contribution in [-0.4, -0.2) is 14.9 Å². The molecule has 3 nitrogen and oxygen atoms in total. The lowest BCUT2D eigenvalue weighted by Crippen LogP contribution is -1.90. The maximum Gasteiger partial charge on any atom is 0.0795 e. The van der Waals surface area contributed by atoms with Crippen LogP contribution in [0.2, 0.25) is 0 Å². The minimum absolute atomic E-state index is 0.409. The molecule has 0 fully saturated rings. The molecule has 0 bridgehead atoms. The molecule has 3 heteroatoms. The van der Waals surface area contributed by atoms with Crippen LogP contribution in [0.4, 0.5) is 0 Å². The predicted molar refractivity (Wildman–Crippen MR) is 38.6 cm³/mol. The monoisotopic (exact) mass is 140 g/mol. The molecule has 1 rings (SSSR count). The van der Waals surface area contributed by atoms with Crippen molar-refractivity contribution in [2.24, 2.45) is 7.05 Å². The summed E-state index contributed by atoms with van der Waals surface area (Å²) in [6.07, 6.45) is 1.42. The summed E-state index contributed by atoms with van der Waals surface area (Å²) in [5.41, 5.74) is 1.81. The average molecular weight is 140 g/mol. The van der Waals surface area contributed by atoms with Crippen molar-refractivity contribution < 1.29 is 5.11 Å². The van der Waals surface area contributed by atoms with Gasteiger partial charge in [0.2, 0.25) is 0 Å². The van der Waals surface area contributed by atoms with E-state index in [9.17, 15) is 0 Å². The molecule has 0 radical (unpaired) electrons. The zero-order valence-corrected chi connectivity index (χ0v) is 6.50. The third-order valence-corrected chi connectivity index (χ3v) is 1.50. The number of rotatable bonds is 1. The van der Waals surface area contributed by atoms with Gasteiger partial charge in [0.1, 0.15) is 0 Å². The van der Waals surface area contributed by atoms with Crippen LogP contribution in [0.3, 0.4) is 0 Å². The van der Waals surface area contributed by atoms with Gasteiger partial charge in [-0.15, -0.1) is 0 Å². The molecule has 1 atom stereocenters. The van der Waals surface area contributed by atoms with E-state index in [-0.39, 0.29) is 0 Å². The van der Waals surface area contributed by atoms with Crippen molar-refractivity contribution >= 4 is 0 Å². The summed E-state index contributed by atoms with van der Waals surface area (Å²) in [4.78, 5) is 0. The Kier molecular flexibility index (Phi) is 1.76. The Morgan fingerprint density at radius 2 is 2.30 bits per heavy atom. The molecule has 1 aromatic rings. The summed E-state index contributed by atoms with van der Waals surface area (Å²) < 4.78 is 1.71. The number of aliphatic hydroxyl groups is 1. The van der Waals surface area contributed by atoms with Gasteiger partial charge < -0.3 is 5.11 Å². The fourth-order valence-corrected chi connectivity index (χ4v) is 1.03. The number of nitrogens with zero attached hydrogens (tertiary/aromatic N) is 2. The molecular formula is C7H12N2O. The first-order valence-electron chi connectivity index (χ1n) is 3.29. The van der Waals surface area contributed by atoms with Crippen LogP contribution in [-0.2, 0) is 7.05 Å². The molecule has 0 spiro atoms. The lowest BCUT2D eigenvalue weighted by atomic mass is 10.2. The van der Waals surface area contributed by atoms with Gasteiger partial charge in [-0.05, 0) is 13.8 Å². The Morgan fingerprint density at radius 3 is 2.50 bits per heavy atom. The van der Waals surface area contributed by atoms with Gasteiger partial charge in [-0.1, -0.05) is 0 Å². The zero-order valence-electron chi connectivity index (χ0n) is 6.50. The molecule has 0 saturated heterocycles. The van der Waals surface area contributed by atoms with E-state index < -0.39 is 6.10 Å². The van der Waals surface area contributed by atoms with Crippen molar-refractivity contribution in [2.45, 2.75) is 20.0 Å². The highest BCUT2D eigenvalue weighted by Gasteiger charge is 2.06. The normalized spacial score (nSPS) is 13.6. The minimum atomic E-state index is -0.409. The summed E-state index contributed by atoms with van der Waals surface area (Å²) in [6, 6.07) is 0. The van der Waals surface area contributed by atoms with Crippen LogP contribution in [0.5, 0.6) is 0 Å². The van der Waals surface area contributed by atoms with Crippen LogP contribution in [0, 0.1) is 6.92 Å². The molecule has 0 aliphatic rings. The fraction of sp³-hybridized carbons (Fsp3) is 0.571. The standard InChI is InChI=1S/C7H12N2O/c1-5-7(6(2)10)4-9(3)8-5/h4,6,10H,1-3H3. The Hall–Kier alpha value is -0.830. The van der Waals surface area contributed by atoms with Gasteiger partial charge in [-0.3, -0.25) is 4.68 Å². The third-order valence-electron chi connectivity index (χ3n) is 1.50. The SMILES string of the molecule is Cc1nn(C)cc1C(C)O. The van der Waals surface area contributed by atoms with Gasteiger partial charge in [0.05, 0.1) is 11.8 Å². The molecule has 0 saturated carbocycles. The van der Waals surface area contributed by atoms with E-state index in [4.69, 9.17) is 5.11 Å². The van der Waals surface area contributed by atoms with Crippen LogP contribution < -0.4 is 0 Å². The lowest BCUT2D eigenvalue weighted by molar-refractivity contribution is 0.198. The summed E-state index contributed by atoms with van der Waals surface area (Å²) in [6.45, 7) is 3.63. The maximum absolute atomic E-state index is 9.16. The first kappa shape index (κ1) is 7.28. The lowest BCUT2D eigenvalue weighted by Gasteiger charge is -1.98. The van der Waals surface area contributed by atoms with E-state index in [1.807, 2.05) is 20.2 Å². The van der Waals surface area contributed by atoms with E-state index in [0.29, 0.717) is 0 Å². The number of hydrogen-bond donors (Lipinski definition) is 1. The molecule has 1 aromatic heterocycles. The van der Waals surface area contributed by atoms with E-state index in [1.165, 1.54) is 0 Å². The summed E-state index contributed by atoms with van der Waals surface area (Å²) >= 11 is 0. The van der Waals surface area contributed by atoms with Gasteiger partial charge in [0.15, 0.2) is 0 Å². The Morgan fingerprint density at radius 1 is 1.70 bits per heavy atom. The van der Waals surface area contributed by atoms with E-state index in [0.717, 1.165) is 11.3 Å². The van der Waals surface area contributed by atoms with Gasteiger partial charge in [-0.2, -0.15) is 5.10 Å². The quantitative estimate of drug-likeness (QED) is 0.626. The molecular weight excluding hydrogens is 128 g/mol. The number of hydrogen-bond acceptors (Lipinski definition) is 2. The highest BCUT2D eigenvalue weighted by molar-refractivity contribution is 5.17. The first-order chi connectivity index (χ1) is 4.61. The second-order valence-electron chi connectivity index (χ2n) is 2.52. The summed E-state index contributed by atoms with van der Waals surface area (Å²) in [5, 5.41) is 13.3. The molecule has 0 aromatic carbocycles. The second-order valence-corrected chi connectivity index (χ2v) is 2.52. The van der Waals surface area contributed by atoms with Gasteiger partial charge >= 0.3 is 0 Å². The third kappa shape index (κ3) is 1.19. The van der Waals surface area contributed by atoms with Gasteiger partial charge in [0.25, 0.3) is 0 Å². The highest BCUT2D eigenvalue weighted by atomic mass is 16.3. The predicted octanol–water partition coefficient (Wildman–Crippen LogP) is 0.782. The molecule has 1 heterocycles. The molecule has 0 aliphatic heterocycles. The van der Waals surface area contributed by atoms with Crippen molar-refractivity contribution in [3.63, 3.8) is 0 Å². The topological polar surface area (TPSA) is 38.0 Å². The Balaban J connectivity index is 3.03. The molecule has 10 heavy (non-hydrogen) atoms. The number of aromatic nitrogens is 2. The summed E-state index contributed by atoms with van der Waals surface area (Å²) in [5.74, 6) is 0. The van der Waals surface area contributed by atoms with Gasteiger partial charge in [0, 0.05) is 18.8 Å². The molecule has 56 valence electrons. The maximum atomic E-state index is 9.16. The Bertz CT molecular complexity index is 228. The highest BCUT2D eigenvalue weighted by Crippen LogP contribution is 2.13. The van der Waals surface area contributed by atoms with Crippen molar-refractivity contribution in [2.75, 3.05) is 0 Å². The van der Waals surface area contributed by atoms with Crippen molar-refractivity contribution in [1.29, 1.82) is 0 Å². The van der Waals surface area contributed by atoms with E-state index in [1.54, 1.807) is 11.6 Å². The summed E-state index contributed by atoms with van der Waals surface area (Å²) in [7, 11) is 1.85. The number of aryl methyl sites for hydroxylation is 2. The molecule has 1 N–H and O–H groups in total. The van der Waals surface area contributed by atoms with E-state index in [2.05, 4.69) is 5.10 Å². The molecule has 0 aliphatic carbocycles. The molecule has 1 unspecified atom stereocenters. The van der Waals surface area contributed by atoms with Crippen LogP contribution in [0.25, 0.3) is 0 Å². The van der Waals surface area contributed by atoms with Crippen LogP contribution >= 0.6 is 0 Å². The molecule has 0 amide bonds. The second kappa shape index (κ2) is 2.42. The van der Waals surface area contributed by atoms with Crippen LogP contribution in [0.1, 0.15) is 24.3 Å². The van der Waals surface area contributed by atoms with Gasteiger partial charge in [-0.25, -0.2) is 0 Å². The van der Waals surface area contributed by atoms with Crippen molar-refractivity contribution in [1.82, 2.24) is 9.78 Å². The smallest absolute Gasteiger partial charge is 0.0795 e. The number of aliphatic hydroxyl groups excluding tert-OH is 1. The first-order valence-corrected chi connectivity index (χ1v) is 3.29. The van der Waals surface area contributed by atoms with Crippen LogP contribution in [0.15, 0.2) is 6.20 Å². The largest absolute Gasteiger partial charge is 0.389 e. The average Bonchev–Trinajstić information content (AvgIpc) is 2.10.